The molecule has 7 heteroatoms. The molecule has 0 bridgehead atoms. The Balaban J connectivity index is 2.07. The van der Waals surface area contributed by atoms with Gasteiger partial charge < -0.3 is 10.1 Å². The van der Waals surface area contributed by atoms with Gasteiger partial charge in [-0.1, -0.05) is 0 Å². The maximum Gasteiger partial charge on any atom is 0.433 e. The van der Waals surface area contributed by atoms with Crippen LogP contribution in [0.4, 0.5) is 13.2 Å². The highest BCUT2D eigenvalue weighted by molar-refractivity contribution is 5.31. The van der Waals surface area contributed by atoms with Crippen LogP contribution in [0.1, 0.15) is 41.7 Å². The number of halogens is 3. The van der Waals surface area contributed by atoms with Crippen LogP contribution in [0.2, 0.25) is 0 Å². The number of alkyl halides is 3. The number of rotatable bonds is 1. The Bertz CT molecular complexity index is 469. The maximum atomic E-state index is 13.0. The van der Waals surface area contributed by atoms with Gasteiger partial charge >= 0.3 is 6.18 Å². The number of hydrogen-bond acceptors (Lipinski definition) is 4. The molecule has 4 nitrogen and oxygen atoms in total. The molecule has 3 heterocycles. The Labute approximate surface area is 102 Å². The fourth-order valence-electron chi connectivity index (χ4n) is 2.35. The van der Waals surface area contributed by atoms with Crippen molar-refractivity contribution in [2.75, 3.05) is 6.61 Å². The number of nitrogens with one attached hydrogen (secondary N) is 1. The molecule has 2 aliphatic heterocycles. The Morgan fingerprint density at radius 3 is 2.72 bits per heavy atom. The summed E-state index contributed by atoms with van der Waals surface area (Å²) in [6.45, 7) is 1.10. The van der Waals surface area contributed by atoms with Crippen molar-refractivity contribution >= 4 is 0 Å². The van der Waals surface area contributed by atoms with Crippen LogP contribution in [0.25, 0.3) is 0 Å². The minimum atomic E-state index is -4.44. The van der Waals surface area contributed by atoms with Crippen molar-refractivity contribution < 1.29 is 17.9 Å². The van der Waals surface area contributed by atoms with Gasteiger partial charge in [-0.2, -0.15) is 13.2 Å². The molecule has 18 heavy (non-hydrogen) atoms. The molecule has 0 aliphatic carbocycles. The second kappa shape index (κ2) is 4.17. The zero-order valence-corrected chi connectivity index (χ0v) is 9.55. The van der Waals surface area contributed by atoms with E-state index in [9.17, 15) is 13.2 Å². The van der Waals surface area contributed by atoms with Gasteiger partial charge in [0, 0.05) is 25.3 Å². The van der Waals surface area contributed by atoms with Crippen molar-refractivity contribution in [3.05, 3.63) is 22.8 Å². The summed E-state index contributed by atoms with van der Waals surface area (Å²) in [5, 5.41) is 2.87. The molecule has 2 aliphatic rings. The predicted octanol–water partition coefficient (Wildman–Crippen LogP) is 1.95. The van der Waals surface area contributed by atoms with E-state index in [1.54, 1.807) is 0 Å². The molecule has 1 aromatic rings. The number of nitrogens with zero attached hydrogens (tertiary/aromatic N) is 2. The number of hydrogen-bond donors (Lipinski definition) is 1. The third kappa shape index (κ3) is 1.97. The molecule has 98 valence electrons. The summed E-state index contributed by atoms with van der Waals surface area (Å²) < 4.78 is 44.2. The second-order valence-corrected chi connectivity index (χ2v) is 4.46. The average molecular weight is 259 g/mol. The van der Waals surface area contributed by atoms with E-state index in [1.165, 1.54) is 0 Å². The minimum absolute atomic E-state index is 0.169. The molecule has 1 saturated heterocycles. The van der Waals surface area contributed by atoms with Crippen LogP contribution in [0.5, 0.6) is 0 Å². The molecular formula is C11H12F3N3O. The standard InChI is InChI=1S/C11H12F3N3O/c12-11(13,14)9-6-4-15-5-7(6)16-10(17-9)8-2-1-3-18-8/h8,15H,1-5H2. The summed E-state index contributed by atoms with van der Waals surface area (Å²) in [7, 11) is 0. The summed E-state index contributed by atoms with van der Waals surface area (Å²) >= 11 is 0. The van der Waals surface area contributed by atoms with Crippen molar-refractivity contribution in [2.45, 2.75) is 38.2 Å². The third-order valence-electron chi connectivity index (χ3n) is 3.19. The van der Waals surface area contributed by atoms with Gasteiger partial charge in [-0.05, 0) is 12.8 Å². The van der Waals surface area contributed by atoms with Crippen molar-refractivity contribution in [1.82, 2.24) is 15.3 Å². The zero-order valence-electron chi connectivity index (χ0n) is 9.55. The van der Waals surface area contributed by atoms with Gasteiger partial charge in [0.05, 0.1) is 5.69 Å². The first kappa shape index (κ1) is 11.9. The van der Waals surface area contributed by atoms with Gasteiger partial charge in [-0.25, -0.2) is 9.97 Å². The van der Waals surface area contributed by atoms with Gasteiger partial charge in [0.25, 0.3) is 0 Å². The van der Waals surface area contributed by atoms with Gasteiger partial charge in [0.15, 0.2) is 11.5 Å². The molecule has 1 aromatic heterocycles. The summed E-state index contributed by atoms with van der Waals surface area (Å²) in [6.07, 6.45) is -3.31. The Morgan fingerprint density at radius 2 is 2.06 bits per heavy atom. The molecule has 0 saturated carbocycles. The van der Waals surface area contributed by atoms with Crippen LogP contribution in [0.3, 0.4) is 0 Å². The van der Waals surface area contributed by atoms with Crippen LogP contribution < -0.4 is 5.32 Å². The first-order valence-electron chi connectivity index (χ1n) is 5.85. The topological polar surface area (TPSA) is 47.0 Å². The Hall–Kier alpha value is -1.21. The molecule has 0 spiro atoms. The summed E-state index contributed by atoms with van der Waals surface area (Å²) in [5.41, 5.74) is -0.199. The summed E-state index contributed by atoms with van der Waals surface area (Å²) in [6, 6.07) is 0. The molecule has 1 atom stereocenters. The van der Waals surface area contributed by atoms with Crippen molar-refractivity contribution in [3.8, 4) is 0 Å². The Kier molecular flexibility index (Phi) is 2.74. The highest BCUT2D eigenvalue weighted by atomic mass is 19.4. The van der Waals surface area contributed by atoms with E-state index in [-0.39, 0.29) is 17.9 Å². The van der Waals surface area contributed by atoms with Crippen molar-refractivity contribution in [2.24, 2.45) is 0 Å². The first-order chi connectivity index (χ1) is 8.55. The Morgan fingerprint density at radius 1 is 1.22 bits per heavy atom. The van der Waals surface area contributed by atoms with Crippen LogP contribution in [0, 0.1) is 0 Å². The second-order valence-electron chi connectivity index (χ2n) is 4.46. The summed E-state index contributed by atoms with van der Waals surface area (Å²) in [5.74, 6) is 0.169. The highest BCUT2D eigenvalue weighted by Crippen LogP contribution is 2.35. The van der Waals surface area contributed by atoms with Crippen LogP contribution in [-0.4, -0.2) is 16.6 Å². The fraction of sp³-hybridized carbons (Fsp3) is 0.636. The van der Waals surface area contributed by atoms with E-state index >= 15 is 0 Å². The van der Waals surface area contributed by atoms with E-state index < -0.39 is 18.0 Å². The lowest BCUT2D eigenvalue weighted by Crippen LogP contribution is -2.17. The molecule has 0 radical (unpaired) electrons. The maximum absolute atomic E-state index is 13.0. The van der Waals surface area contributed by atoms with Crippen molar-refractivity contribution in [1.29, 1.82) is 0 Å². The normalized spacial score (nSPS) is 23.4. The van der Waals surface area contributed by atoms with E-state index in [2.05, 4.69) is 15.3 Å². The van der Waals surface area contributed by atoms with Crippen LogP contribution in [0.15, 0.2) is 0 Å². The fourth-order valence-corrected chi connectivity index (χ4v) is 2.35. The molecule has 0 aromatic carbocycles. The lowest BCUT2D eigenvalue weighted by atomic mass is 10.1. The molecule has 1 N–H and O–H groups in total. The van der Waals surface area contributed by atoms with E-state index in [1.807, 2.05) is 0 Å². The van der Waals surface area contributed by atoms with Crippen LogP contribution >= 0.6 is 0 Å². The van der Waals surface area contributed by atoms with Gasteiger partial charge in [-0.15, -0.1) is 0 Å². The molecular weight excluding hydrogens is 247 g/mol. The predicted molar refractivity (Wildman–Crippen MR) is 55.5 cm³/mol. The van der Waals surface area contributed by atoms with E-state index in [0.717, 1.165) is 6.42 Å². The monoisotopic (exact) mass is 259 g/mol. The number of fused-ring (bicyclic) bond motifs is 1. The van der Waals surface area contributed by atoms with E-state index in [4.69, 9.17) is 4.74 Å². The third-order valence-corrected chi connectivity index (χ3v) is 3.19. The van der Waals surface area contributed by atoms with E-state index in [0.29, 0.717) is 25.3 Å². The molecule has 1 fully saturated rings. The smallest absolute Gasteiger partial charge is 0.370 e. The lowest BCUT2D eigenvalue weighted by Gasteiger charge is -2.14. The molecule has 1 unspecified atom stereocenters. The minimum Gasteiger partial charge on any atom is -0.370 e. The highest BCUT2D eigenvalue weighted by Gasteiger charge is 2.39. The number of ether oxygens (including phenoxy) is 1. The molecule has 0 amide bonds. The SMILES string of the molecule is FC(F)(F)c1nc(C2CCCO2)nc2c1CNC2. The van der Waals surface area contributed by atoms with Gasteiger partial charge in [0.1, 0.15) is 6.10 Å². The van der Waals surface area contributed by atoms with Gasteiger partial charge in [-0.3, -0.25) is 0 Å². The first-order valence-corrected chi connectivity index (χ1v) is 5.85. The van der Waals surface area contributed by atoms with Crippen molar-refractivity contribution in [3.63, 3.8) is 0 Å². The summed E-state index contributed by atoms with van der Waals surface area (Å²) in [4.78, 5) is 7.91. The van der Waals surface area contributed by atoms with Crippen LogP contribution in [-0.2, 0) is 24.0 Å². The quantitative estimate of drug-likeness (QED) is 0.837. The largest absolute Gasteiger partial charge is 0.433 e. The number of aromatic nitrogens is 2. The zero-order chi connectivity index (χ0) is 12.8. The average Bonchev–Trinajstić information content (AvgIpc) is 2.97. The molecule has 3 rings (SSSR count). The van der Waals surface area contributed by atoms with Gasteiger partial charge in [0.2, 0.25) is 0 Å². The lowest BCUT2D eigenvalue weighted by molar-refractivity contribution is -0.142.